The van der Waals surface area contributed by atoms with Crippen LogP contribution in [0, 0.1) is 6.92 Å². The Bertz CT molecular complexity index is 755. The van der Waals surface area contributed by atoms with Crippen LogP contribution >= 0.6 is 0 Å². The van der Waals surface area contributed by atoms with Crippen molar-refractivity contribution in [3.8, 4) is 0 Å². The Kier molecular flexibility index (Phi) is 5.82. The molecule has 1 atom stereocenters. The van der Waals surface area contributed by atoms with E-state index < -0.39 is 0 Å². The van der Waals surface area contributed by atoms with Crippen molar-refractivity contribution in [2.45, 2.75) is 32.6 Å². The van der Waals surface area contributed by atoms with Crippen LogP contribution in [0.15, 0.2) is 16.9 Å². The highest BCUT2D eigenvalue weighted by Crippen LogP contribution is 2.24. The molecule has 3 rings (SSSR count). The van der Waals surface area contributed by atoms with Gasteiger partial charge < -0.3 is 19.5 Å². The van der Waals surface area contributed by atoms with Crippen molar-refractivity contribution in [1.82, 2.24) is 20.0 Å². The Morgan fingerprint density at radius 1 is 1.42 bits per heavy atom. The molecule has 0 spiro atoms. The zero-order valence-corrected chi connectivity index (χ0v) is 15.5. The number of likely N-dealkylation sites (N-methyl/N-ethyl adjacent to an activating group) is 1. The van der Waals surface area contributed by atoms with Gasteiger partial charge in [0.2, 0.25) is 0 Å². The van der Waals surface area contributed by atoms with Gasteiger partial charge in [-0.25, -0.2) is 9.97 Å². The lowest BCUT2D eigenvalue weighted by atomic mass is 10.1. The van der Waals surface area contributed by atoms with Gasteiger partial charge in [0.1, 0.15) is 23.5 Å². The van der Waals surface area contributed by atoms with E-state index in [4.69, 9.17) is 9.26 Å². The molecule has 1 saturated heterocycles. The Labute approximate surface area is 152 Å². The number of hydrogen-bond donors (Lipinski definition) is 1. The van der Waals surface area contributed by atoms with E-state index in [9.17, 15) is 4.79 Å². The number of amides is 1. The molecule has 2 aromatic heterocycles. The van der Waals surface area contributed by atoms with Gasteiger partial charge in [0.25, 0.3) is 5.91 Å². The molecule has 1 aliphatic rings. The second-order valence-electron chi connectivity index (χ2n) is 6.46. The average molecular weight is 359 g/mol. The van der Waals surface area contributed by atoms with Gasteiger partial charge in [-0.3, -0.25) is 4.79 Å². The number of aromatic nitrogens is 3. The highest BCUT2D eigenvalue weighted by molar-refractivity contribution is 5.96. The van der Waals surface area contributed by atoms with Crippen molar-refractivity contribution in [1.29, 1.82) is 0 Å². The fraction of sp³-hybridized carbons (Fsp3) is 0.556. The van der Waals surface area contributed by atoms with Crippen LogP contribution in [0.4, 0.5) is 5.82 Å². The number of rotatable bonds is 7. The van der Waals surface area contributed by atoms with Gasteiger partial charge in [-0.15, -0.1) is 0 Å². The molecule has 0 radical (unpaired) electrons. The monoisotopic (exact) mass is 359 g/mol. The number of carbonyl (C=O) groups is 1. The Balaban J connectivity index is 1.55. The van der Waals surface area contributed by atoms with Gasteiger partial charge in [0.05, 0.1) is 18.0 Å². The average Bonchev–Trinajstić information content (AvgIpc) is 3.31. The van der Waals surface area contributed by atoms with E-state index in [1.807, 2.05) is 13.0 Å². The minimum absolute atomic E-state index is 0.0751. The summed E-state index contributed by atoms with van der Waals surface area (Å²) in [5.41, 5.74) is 2.27. The maximum Gasteiger partial charge on any atom is 0.259 e. The lowest BCUT2D eigenvalue weighted by Gasteiger charge is -2.18. The predicted octanol–water partition coefficient (Wildman–Crippen LogP) is 2.02. The number of nitrogens with one attached hydrogen (secondary N) is 1. The lowest BCUT2D eigenvalue weighted by molar-refractivity contribution is 0.0797. The first-order valence-electron chi connectivity index (χ1n) is 8.94. The van der Waals surface area contributed by atoms with Gasteiger partial charge >= 0.3 is 0 Å². The highest BCUT2D eigenvalue weighted by atomic mass is 16.5. The summed E-state index contributed by atoms with van der Waals surface area (Å²) >= 11 is 0. The summed E-state index contributed by atoms with van der Waals surface area (Å²) in [6.45, 7) is 6.35. The molecule has 8 heteroatoms. The summed E-state index contributed by atoms with van der Waals surface area (Å²) in [4.78, 5) is 22.9. The number of anilines is 1. The quantitative estimate of drug-likeness (QED) is 0.808. The molecule has 0 unspecified atom stereocenters. The summed E-state index contributed by atoms with van der Waals surface area (Å²) in [5.74, 6) is 1.59. The summed E-state index contributed by atoms with van der Waals surface area (Å²) in [6.07, 6.45) is 3.23. The van der Waals surface area contributed by atoms with Crippen molar-refractivity contribution in [3.05, 3.63) is 35.1 Å². The maximum atomic E-state index is 12.6. The van der Waals surface area contributed by atoms with Crippen molar-refractivity contribution in [2.75, 3.05) is 38.7 Å². The van der Waals surface area contributed by atoms with Crippen LogP contribution in [0.2, 0.25) is 0 Å². The first-order chi connectivity index (χ1) is 12.6. The molecule has 26 heavy (non-hydrogen) atoms. The van der Waals surface area contributed by atoms with Gasteiger partial charge in [0.15, 0.2) is 0 Å². The van der Waals surface area contributed by atoms with Crippen molar-refractivity contribution in [2.24, 2.45) is 0 Å². The highest BCUT2D eigenvalue weighted by Gasteiger charge is 2.22. The van der Waals surface area contributed by atoms with Crippen LogP contribution in [-0.4, -0.2) is 59.3 Å². The number of hydrogen-bond acceptors (Lipinski definition) is 7. The van der Waals surface area contributed by atoms with Gasteiger partial charge in [-0.1, -0.05) is 12.1 Å². The van der Waals surface area contributed by atoms with Crippen LogP contribution in [0.1, 0.15) is 46.8 Å². The van der Waals surface area contributed by atoms with Crippen molar-refractivity contribution >= 4 is 11.7 Å². The first kappa shape index (κ1) is 18.3. The van der Waals surface area contributed by atoms with Gasteiger partial charge in [-0.05, 0) is 19.8 Å². The van der Waals surface area contributed by atoms with E-state index in [0.29, 0.717) is 49.1 Å². The Morgan fingerprint density at radius 2 is 2.27 bits per heavy atom. The number of nitrogens with zero attached hydrogens (tertiary/aromatic N) is 4. The molecule has 1 amide bonds. The molecular weight excluding hydrogens is 334 g/mol. The van der Waals surface area contributed by atoms with E-state index in [2.05, 4.69) is 20.4 Å². The van der Waals surface area contributed by atoms with E-state index in [1.165, 1.54) is 0 Å². The molecule has 0 saturated carbocycles. The SMILES string of the molecule is CCc1noc(C)c1C(=O)N(C)CCNc1cc([C@H]2CCOC2)ncn1. The molecule has 0 aromatic carbocycles. The van der Waals surface area contributed by atoms with E-state index in [1.54, 1.807) is 25.2 Å². The second kappa shape index (κ2) is 8.27. The minimum atomic E-state index is -0.0751. The normalized spacial score (nSPS) is 16.7. The molecule has 0 bridgehead atoms. The molecule has 1 fully saturated rings. The Morgan fingerprint density at radius 3 is 3.00 bits per heavy atom. The minimum Gasteiger partial charge on any atom is -0.381 e. The first-order valence-corrected chi connectivity index (χ1v) is 8.94. The molecule has 140 valence electrons. The van der Waals surface area contributed by atoms with E-state index in [-0.39, 0.29) is 5.91 Å². The van der Waals surface area contributed by atoms with Crippen LogP contribution in [0.5, 0.6) is 0 Å². The summed E-state index contributed by atoms with van der Waals surface area (Å²) < 4.78 is 10.6. The fourth-order valence-corrected chi connectivity index (χ4v) is 3.04. The smallest absolute Gasteiger partial charge is 0.259 e. The standard InChI is InChI=1S/C18H25N5O3/c1-4-14-17(12(2)26-22-14)18(24)23(3)7-6-19-16-9-15(20-11-21-16)13-5-8-25-10-13/h9,11,13H,4-8,10H2,1-3H3,(H,19,20,21)/t13-/m0/s1. The number of aryl methyl sites for hydroxylation is 2. The fourth-order valence-electron chi connectivity index (χ4n) is 3.04. The summed E-state index contributed by atoms with van der Waals surface area (Å²) in [5, 5.41) is 7.21. The summed E-state index contributed by atoms with van der Waals surface area (Å²) in [6, 6.07) is 1.96. The third kappa shape index (κ3) is 4.01. The topological polar surface area (TPSA) is 93.4 Å². The van der Waals surface area contributed by atoms with E-state index >= 15 is 0 Å². The van der Waals surface area contributed by atoms with Crippen LogP contribution in [0.25, 0.3) is 0 Å². The molecule has 1 N–H and O–H groups in total. The third-order valence-corrected chi connectivity index (χ3v) is 4.62. The predicted molar refractivity (Wildman–Crippen MR) is 96.3 cm³/mol. The van der Waals surface area contributed by atoms with Crippen LogP contribution in [0.3, 0.4) is 0 Å². The van der Waals surface area contributed by atoms with Gasteiger partial charge in [-0.2, -0.15) is 0 Å². The largest absolute Gasteiger partial charge is 0.381 e. The third-order valence-electron chi connectivity index (χ3n) is 4.62. The maximum absolute atomic E-state index is 12.6. The van der Waals surface area contributed by atoms with Crippen molar-refractivity contribution in [3.63, 3.8) is 0 Å². The zero-order chi connectivity index (χ0) is 18.5. The van der Waals surface area contributed by atoms with Crippen LogP contribution < -0.4 is 5.32 Å². The lowest BCUT2D eigenvalue weighted by Crippen LogP contribution is -2.32. The van der Waals surface area contributed by atoms with Crippen LogP contribution in [-0.2, 0) is 11.2 Å². The van der Waals surface area contributed by atoms with Crippen molar-refractivity contribution < 1.29 is 14.1 Å². The second-order valence-corrected chi connectivity index (χ2v) is 6.46. The molecule has 2 aromatic rings. The Hall–Kier alpha value is -2.48. The zero-order valence-electron chi connectivity index (χ0n) is 15.5. The number of carbonyl (C=O) groups excluding carboxylic acids is 1. The molecule has 3 heterocycles. The molecule has 0 aliphatic carbocycles. The molecule has 1 aliphatic heterocycles. The van der Waals surface area contributed by atoms with Gasteiger partial charge in [0, 0.05) is 38.7 Å². The number of ether oxygens (including phenoxy) is 1. The summed E-state index contributed by atoms with van der Waals surface area (Å²) in [7, 11) is 1.77. The van der Waals surface area contributed by atoms with E-state index in [0.717, 1.165) is 24.5 Å². The molecule has 8 nitrogen and oxygen atoms in total. The molecular formula is C18H25N5O3.